The van der Waals surface area contributed by atoms with Crippen molar-refractivity contribution in [2.75, 3.05) is 0 Å². The van der Waals surface area contributed by atoms with Crippen LogP contribution in [0.3, 0.4) is 0 Å². The smallest absolute Gasteiger partial charge is 0.315 e. The molecule has 0 spiro atoms. The van der Waals surface area contributed by atoms with Gasteiger partial charge in [-0.2, -0.15) is 4.98 Å². The maximum absolute atomic E-state index is 12.0. The monoisotopic (exact) mass is 316 g/mol. The highest BCUT2D eigenvalue weighted by molar-refractivity contribution is 5.74. The van der Waals surface area contributed by atoms with E-state index in [9.17, 15) is 4.79 Å². The van der Waals surface area contributed by atoms with Crippen molar-refractivity contribution >= 4 is 6.03 Å². The Bertz CT molecular complexity index is 644. The summed E-state index contributed by atoms with van der Waals surface area (Å²) in [6.45, 7) is 1.95. The molecule has 1 fully saturated rings. The van der Waals surface area contributed by atoms with Crippen LogP contribution in [0.25, 0.3) is 0 Å². The van der Waals surface area contributed by atoms with Gasteiger partial charge in [0, 0.05) is 6.92 Å². The predicted octanol–water partition coefficient (Wildman–Crippen LogP) is 2.18. The summed E-state index contributed by atoms with van der Waals surface area (Å²) in [5.74, 6) is 1.77. The topological polar surface area (TPSA) is 89.3 Å². The maximum Gasteiger partial charge on any atom is 0.315 e. The first-order valence-electron chi connectivity index (χ1n) is 7.76. The van der Waals surface area contributed by atoms with E-state index in [0.29, 0.717) is 11.7 Å². The van der Waals surface area contributed by atoms with Gasteiger partial charge in [-0.05, 0) is 31.4 Å². The molecule has 0 radical (unpaired) electrons. The van der Waals surface area contributed by atoms with Gasteiger partial charge in [-0.25, -0.2) is 4.79 Å². The summed E-state index contributed by atoms with van der Waals surface area (Å²) in [5, 5.41) is 9.44. The third-order valence-corrected chi connectivity index (χ3v) is 3.78. The molecular formula is C16H20N4O3. The van der Waals surface area contributed by atoms with Gasteiger partial charge in [0.25, 0.3) is 0 Å². The Hall–Kier alpha value is -2.57. The van der Waals surface area contributed by atoms with Crippen molar-refractivity contribution in [2.45, 2.75) is 44.9 Å². The fraction of sp³-hybridized carbons (Fsp3) is 0.438. The highest BCUT2D eigenvalue weighted by Crippen LogP contribution is 2.24. The number of aryl methyl sites for hydroxylation is 1. The number of carbonyl (C=O) groups is 1. The van der Waals surface area contributed by atoms with Crippen molar-refractivity contribution in [3.63, 3.8) is 0 Å². The number of amides is 2. The zero-order valence-corrected chi connectivity index (χ0v) is 13.0. The Morgan fingerprint density at radius 3 is 2.91 bits per heavy atom. The summed E-state index contributed by atoms with van der Waals surface area (Å²) in [4.78, 5) is 16.1. The number of rotatable bonds is 5. The highest BCUT2D eigenvalue weighted by atomic mass is 16.5. The first-order valence-corrected chi connectivity index (χ1v) is 7.76. The van der Waals surface area contributed by atoms with Crippen LogP contribution < -0.4 is 15.4 Å². The molecule has 0 bridgehead atoms. The van der Waals surface area contributed by atoms with E-state index in [1.165, 1.54) is 0 Å². The summed E-state index contributed by atoms with van der Waals surface area (Å²) in [6.07, 6.45) is 2.87. The standard InChI is InChI=1S/C16H20N4O3/c1-11-18-15(20-23-11)10-17-16(21)19-13-8-5-9-14(13)22-12-6-3-2-4-7-12/h2-4,6-7,13-14H,5,8-10H2,1H3,(H2,17,19,21)/t13-,14-/m0/s1. The average molecular weight is 316 g/mol. The molecule has 1 aromatic carbocycles. The lowest BCUT2D eigenvalue weighted by atomic mass is 10.2. The fourth-order valence-corrected chi connectivity index (χ4v) is 2.70. The van der Waals surface area contributed by atoms with E-state index in [-0.39, 0.29) is 24.7 Å². The summed E-state index contributed by atoms with van der Waals surface area (Å²) >= 11 is 0. The maximum atomic E-state index is 12.0. The first kappa shape index (κ1) is 15.3. The summed E-state index contributed by atoms with van der Waals surface area (Å²) < 4.78 is 10.8. The van der Waals surface area contributed by atoms with E-state index in [0.717, 1.165) is 25.0 Å². The van der Waals surface area contributed by atoms with Crippen molar-refractivity contribution < 1.29 is 14.1 Å². The number of carbonyl (C=O) groups excluding carboxylic acids is 1. The summed E-state index contributed by atoms with van der Waals surface area (Å²) in [7, 11) is 0. The van der Waals surface area contributed by atoms with Gasteiger partial charge in [0.2, 0.25) is 5.89 Å². The Balaban J connectivity index is 1.48. The lowest BCUT2D eigenvalue weighted by Gasteiger charge is -2.22. The zero-order valence-electron chi connectivity index (χ0n) is 13.0. The lowest BCUT2D eigenvalue weighted by Crippen LogP contribution is -2.46. The zero-order chi connectivity index (χ0) is 16.1. The van der Waals surface area contributed by atoms with E-state index < -0.39 is 0 Å². The van der Waals surface area contributed by atoms with Gasteiger partial charge in [0.15, 0.2) is 5.82 Å². The lowest BCUT2D eigenvalue weighted by molar-refractivity contribution is 0.172. The van der Waals surface area contributed by atoms with Gasteiger partial charge in [-0.1, -0.05) is 23.4 Å². The predicted molar refractivity (Wildman–Crippen MR) is 82.9 cm³/mol. The van der Waals surface area contributed by atoms with E-state index in [4.69, 9.17) is 9.26 Å². The van der Waals surface area contributed by atoms with Crippen LogP contribution in [0.15, 0.2) is 34.9 Å². The molecule has 0 saturated heterocycles. The number of hydrogen-bond donors (Lipinski definition) is 2. The van der Waals surface area contributed by atoms with Crippen LogP contribution >= 0.6 is 0 Å². The van der Waals surface area contributed by atoms with Gasteiger partial charge in [0.05, 0.1) is 12.6 Å². The Morgan fingerprint density at radius 2 is 2.17 bits per heavy atom. The van der Waals surface area contributed by atoms with Crippen molar-refractivity contribution in [3.05, 3.63) is 42.0 Å². The van der Waals surface area contributed by atoms with Crippen molar-refractivity contribution in [3.8, 4) is 5.75 Å². The van der Waals surface area contributed by atoms with E-state index >= 15 is 0 Å². The molecule has 2 amide bonds. The molecular weight excluding hydrogens is 296 g/mol. The quantitative estimate of drug-likeness (QED) is 0.882. The Kier molecular flexibility index (Phi) is 4.75. The van der Waals surface area contributed by atoms with E-state index in [1.54, 1.807) is 6.92 Å². The van der Waals surface area contributed by atoms with Gasteiger partial charge < -0.3 is 19.9 Å². The van der Waals surface area contributed by atoms with Gasteiger partial charge >= 0.3 is 6.03 Å². The summed E-state index contributed by atoms with van der Waals surface area (Å²) in [5.41, 5.74) is 0. The third kappa shape index (κ3) is 4.21. The molecule has 1 aliphatic carbocycles. The molecule has 1 saturated carbocycles. The van der Waals surface area contributed by atoms with Crippen LogP contribution in [0.1, 0.15) is 31.0 Å². The molecule has 3 rings (SSSR count). The second kappa shape index (κ2) is 7.13. The minimum absolute atomic E-state index is 0.00205. The van der Waals surface area contributed by atoms with E-state index in [1.807, 2.05) is 30.3 Å². The van der Waals surface area contributed by atoms with Crippen LogP contribution in [0.4, 0.5) is 4.79 Å². The molecule has 2 N–H and O–H groups in total. The van der Waals surface area contributed by atoms with Gasteiger partial charge in [-0.15, -0.1) is 0 Å². The van der Waals surface area contributed by atoms with Crippen molar-refractivity contribution in [1.29, 1.82) is 0 Å². The minimum Gasteiger partial charge on any atom is -0.488 e. The normalized spacial score (nSPS) is 20.2. The highest BCUT2D eigenvalue weighted by Gasteiger charge is 2.30. The van der Waals surface area contributed by atoms with Gasteiger partial charge in [-0.3, -0.25) is 0 Å². The average Bonchev–Trinajstić information content (AvgIpc) is 3.16. The second-order valence-corrected chi connectivity index (χ2v) is 5.56. The van der Waals surface area contributed by atoms with Crippen LogP contribution in [0, 0.1) is 6.92 Å². The largest absolute Gasteiger partial charge is 0.488 e. The third-order valence-electron chi connectivity index (χ3n) is 3.78. The minimum atomic E-state index is -0.249. The molecule has 1 aliphatic rings. The number of ether oxygens (including phenoxy) is 1. The molecule has 0 unspecified atom stereocenters. The Labute approximate surface area is 134 Å². The molecule has 2 aromatic rings. The van der Waals surface area contributed by atoms with Crippen molar-refractivity contribution in [1.82, 2.24) is 20.8 Å². The van der Waals surface area contributed by atoms with Crippen LogP contribution in [-0.4, -0.2) is 28.3 Å². The molecule has 7 nitrogen and oxygen atoms in total. The Morgan fingerprint density at radius 1 is 1.35 bits per heavy atom. The number of nitrogens with one attached hydrogen (secondary N) is 2. The molecule has 2 atom stereocenters. The number of para-hydroxylation sites is 1. The molecule has 7 heteroatoms. The van der Waals surface area contributed by atoms with E-state index in [2.05, 4.69) is 20.8 Å². The number of urea groups is 1. The first-order chi connectivity index (χ1) is 11.2. The summed E-state index contributed by atoms with van der Waals surface area (Å²) in [6, 6.07) is 9.42. The SMILES string of the molecule is Cc1nc(CNC(=O)N[C@H]2CCC[C@@H]2Oc2ccccc2)no1. The second-order valence-electron chi connectivity index (χ2n) is 5.56. The van der Waals surface area contributed by atoms with Gasteiger partial charge in [0.1, 0.15) is 11.9 Å². The molecule has 23 heavy (non-hydrogen) atoms. The number of hydrogen-bond acceptors (Lipinski definition) is 5. The molecule has 1 heterocycles. The number of nitrogens with zero attached hydrogens (tertiary/aromatic N) is 2. The van der Waals surface area contributed by atoms with Crippen LogP contribution in [0.2, 0.25) is 0 Å². The molecule has 0 aliphatic heterocycles. The number of benzene rings is 1. The van der Waals surface area contributed by atoms with Crippen LogP contribution in [0.5, 0.6) is 5.75 Å². The van der Waals surface area contributed by atoms with Crippen LogP contribution in [-0.2, 0) is 6.54 Å². The number of aromatic nitrogens is 2. The molecule has 1 aromatic heterocycles. The van der Waals surface area contributed by atoms with Crippen molar-refractivity contribution in [2.24, 2.45) is 0 Å². The fourth-order valence-electron chi connectivity index (χ4n) is 2.70. The molecule has 122 valence electrons.